The average Bonchev–Trinajstić information content (AvgIpc) is 2.55. The van der Waals surface area contributed by atoms with Crippen molar-refractivity contribution in [1.82, 2.24) is 0 Å². The van der Waals surface area contributed by atoms with E-state index in [0.717, 1.165) is 0 Å². The first-order chi connectivity index (χ1) is 10.2. The van der Waals surface area contributed by atoms with Gasteiger partial charge in [-0.25, -0.2) is 0 Å². The van der Waals surface area contributed by atoms with Crippen molar-refractivity contribution in [3.8, 4) is 30.3 Å². The SMILES string of the molecule is N#CCCC(C#N)C(C#N)(C#N)C(C#N)c1ccccc1. The molecule has 5 heteroatoms. The summed E-state index contributed by atoms with van der Waals surface area (Å²) in [5, 5.41) is 46.3. The Kier molecular flexibility index (Phi) is 5.47. The van der Waals surface area contributed by atoms with Crippen molar-refractivity contribution in [2.24, 2.45) is 11.3 Å². The molecule has 0 fully saturated rings. The second-order valence-electron chi connectivity index (χ2n) is 4.44. The molecule has 5 nitrogen and oxygen atoms in total. The van der Waals surface area contributed by atoms with E-state index < -0.39 is 17.3 Å². The maximum Gasteiger partial charge on any atom is 0.179 e. The number of nitriles is 5. The van der Waals surface area contributed by atoms with Crippen LogP contribution in [0.25, 0.3) is 0 Å². The molecule has 0 amide bonds. The van der Waals surface area contributed by atoms with Crippen molar-refractivity contribution >= 4 is 0 Å². The number of nitrogens with zero attached hydrogens (tertiary/aromatic N) is 5. The highest BCUT2D eigenvalue weighted by molar-refractivity contribution is 5.38. The van der Waals surface area contributed by atoms with Crippen molar-refractivity contribution in [3.05, 3.63) is 35.9 Å². The van der Waals surface area contributed by atoms with Crippen LogP contribution in [0.5, 0.6) is 0 Å². The Morgan fingerprint density at radius 1 is 0.905 bits per heavy atom. The average molecular weight is 273 g/mol. The minimum atomic E-state index is -1.79. The summed E-state index contributed by atoms with van der Waals surface area (Å²) in [6.45, 7) is 0. The summed E-state index contributed by atoms with van der Waals surface area (Å²) in [5.74, 6) is -2.05. The van der Waals surface area contributed by atoms with Gasteiger partial charge in [0, 0.05) is 6.42 Å². The standard InChI is InChI=1S/C16H11N5/c17-8-4-7-14(9-18)16(11-20,12-21)15(10-19)13-5-2-1-3-6-13/h1-3,5-6,14-15H,4,7H2. The van der Waals surface area contributed by atoms with Crippen LogP contribution in [0, 0.1) is 68.0 Å². The van der Waals surface area contributed by atoms with Gasteiger partial charge >= 0.3 is 0 Å². The fourth-order valence-electron chi connectivity index (χ4n) is 2.20. The van der Waals surface area contributed by atoms with Gasteiger partial charge in [0.25, 0.3) is 0 Å². The smallest absolute Gasteiger partial charge is 0.179 e. The minimum absolute atomic E-state index is 0.0519. The number of benzene rings is 1. The van der Waals surface area contributed by atoms with E-state index in [2.05, 4.69) is 0 Å². The van der Waals surface area contributed by atoms with Crippen LogP contribution in [-0.2, 0) is 0 Å². The lowest BCUT2D eigenvalue weighted by Crippen LogP contribution is -2.33. The van der Waals surface area contributed by atoms with E-state index >= 15 is 0 Å². The Morgan fingerprint density at radius 2 is 1.52 bits per heavy atom. The van der Waals surface area contributed by atoms with Crippen molar-refractivity contribution < 1.29 is 0 Å². The van der Waals surface area contributed by atoms with E-state index in [1.54, 1.807) is 30.3 Å². The van der Waals surface area contributed by atoms with Gasteiger partial charge in [0.2, 0.25) is 0 Å². The third-order valence-electron chi connectivity index (χ3n) is 3.34. The molecule has 100 valence electrons. The summed E-state index contributed by atoms with van der Waals surface area (Å²) < 4.78 is 0. The highest BCUT2D eigenvalue weighted by atomic mass is 14.5. The summed E-state index contributed by atoms with van der Waals surface area (Å²) in [6.07, 6.45) is 0.134. The van der Waals surface area contributed by atoms with Gasteiger partial charge in [-0.3, -0.25) is 0 Å². The molecule has 0 radical (unpaired) electrons. The highest BCUT2D eigenvalue weighted by Gasteiger charge is 2.48. The molecule has 21 heavy (non-hydrogen) atoms. The summed E-state index contributed by atoms with van der Waals surface area (Å²) in [5.41, 5.74) is -1.28. The fourth-order valence-corrected chi connectivity index (χ4v) is 2.20. The van der Waals surface area contributed by atoms with Crippen LogP contribution in [0.4, 0.5) is 0 Å². The van der Waals surface area contributed by atoms with Gasteiger partial charge in [-0.2, -0.15) is 26.3 Å². The van der Waals surface area contributed by atoms with Crippen LogP contribution in [0.1, 0.15) is 24.3 Å². The van der Waals surface area contributed by atoms with Gasteiger partial charge in [0.05, 0.1) is 36.3 Å². The van der Waals surface area contributed by atoms with E-state index in [9.17, 15) is 21.0 Å². The zero-order valence-electron chi connectivity index (χ0n) is 11.2. The zero-order chi connectivity index (χ0) is 15.7. The van der Waals surface area contributed by atoms with Crippen molar-refractivity contribution in [3.63, 3.8) is 0 Å². The second kappa shape index (κ2) is 7.31. The molecule has 0 aromatic heterocycles. The van der Waals surface area contributed by atoms with Crippen LogP contribution in [0.15, 0.2) is 30.3 Å². The zero-order valence-corrected chi connectivity index (χ0v) is 11.2. The Labute approximate surface area is 123 Å². The van der Waals surface area contributed by atoms with Crippen LogP contribution in [-0.4, -0.2) is 0 Å². The third-order valence-corrected chi connectivity index (χ3v) is 3.34. The van der Waals surface area contributed by atoms with Gasteiger partial charge in [0.1, 0.15) is 5.92 Å². The summed E-state index contributed by atoms with van der Waals surface area (Å²) in [7, 11) is 0. The lowest BCUT2D eigenvalue weighted by Gasteiger charge is -2.28. The van der Waals surface area contributed by atoms with Gasteiger partial charge in [-0.05, 0) is 12.0 Å². The molecule has 0 aliphatic rings. The number of rotatable bonds is 5. The molecule has 0 aliphatic carbocycles. The molecule has 2 unspecified atom stereocenters. The van der Waals surface area contributed by atoms with E-state index in [0.29, 0.717) is 5.56 Å². The van der Waals surface area contributed by atoms with Gasteiger partial charge < -0.3 is 0 Å². The molecule has 0 saturated heterocycles. The monoisotopic (exact) mass is 273 g/mol. The number of hydrogen-bond acceptors (Lipinski definition) is 5. The second-order valence-corrected chi connectivity index (χ2v) is 4.44. The van der Waals surface area contributed by atoms with E-state index in [-0.39, 0.29) is 12.8 Å². The van der Waals surface area contributed by atoms with Crippen molar-refractivity contribution in [2.45, 2.75) is 18.8 Å². The molecular weight excluding hydrogens is 262 g/mol. The first-order valence-corrected chi connectivity index (χ1v) is 6.23. The van der Waals surface area contributed by atoms with Crippen LogP contribution < -0.4 is 0 Å². The van der Waals surface area contributed by atoms with Crippen LogP contribution in [0.2, 0.25) is 0 Å². The molecule has 0 saturated carbocycles. The van der Waals surface area contributed by atoms with Crippen molar-refractivity contribution in [1.29, 1.82) is 26.3 Å². The van der Waals surface area contributed by atoms with Gasteiger partial charge in [-0.1, -0.05) is 30.3 Å². The Bertz CT molecular complexity index is 674. The normalized spacial score (nSPS) is 12.5. The molecule has 0 aliphatic heterocycles. The highest BCUT2D eigenvalue weighted by Crippen LogP contribution is 2.42. The quantitative estimate of drug-likeness (QED) is 0.816. The first kappa shape index (κ1) is 15.7. The maximum atomic E-state index is 9.48. The lowest BCUT2D eigenvalue weighted by atomic mass is 9.65. The molecule has 1 aromatic rings. The molecule has 0 spiro atoms. The molecule has 1 rings (SSSR count). The Hall–Kier alpha value is -3.33. The molecule has 0 N–H and O–H groups in total. The predicted molar refractivity (Wildman–Crippen MR) is 72.4 cm³/mol. The largest absolute Gasteiger partial charge is 0.198 e. The topological polar surface area (TPSA) is 119 Å². The molecule has 0 heterocycles. The Morgan fingerprint density at radius 3 is 1.95 bits per heavy atom. The first-order valence-electron chi connectivity index (χ1n) is 6.23. The van der Waals surface area contributed by atoms with E-state index in [1.807, 2.05) is 30.3 Å². The molecule has 0 bridgehead atoms. The Balaban J connectivity index is 3.37. The molecular formula is C16H11N5. The predicted octanol–water partition coefficient (Wildman–Crippen LogP) is 2.77. The van der Waals surface area contributed by atoms with Gasteiger partial charge in [-0.15, -0.1) is 0 Å². The lowest BCUT2D eigenvalue weighted by molar-refractivity contribution is 0.341. The van der Waals surface area contributed by atoms with Crippen molar-refractivity contribution in [2.75, 3.05) is 0 Å². The third kappa shape index (κ3) is 2.98. The number of hydrogen-bond donors (Lipinski definition) is 0. The van der Waals surface area contributed by atoms with Crippen LogP contribution in [0.3, 0.4) is 0 Å². The maximum absolute atomic E-state index is 9.48. The van der Waals surface area contributed by atoms with Gasteiger partial charge in [0.15, 0.2) is 5.41 Å². The fraction of sp³-hybridized carbons (Fsp3) is 0.312. The summed E-state index contributed by atoms with van der Waals surface area (Å²) >= 11 is 0. The van der Waals surface area contributed by atoms with Crippen LogP contribution >= 0.6 is 0 Å². The van der Waals surface area contributed by atoms with E-state index in [4.69, 9.17) is 5.26 Å². The van der Waals surface area contributed by atoms with E-state index in [1.165, 1.54) is 0 Å². The molecule has 2 atom stereocenters. The summed E-state index contributed by atoms with van der Waals surface area (Å²) in [4.78, 5) is 0. The summed E-state index contributed by atoms with van der Waals surface area (Å²) in [6, 6.07) is 18.0. The molecule has 1 aromatic carbocycles. The minimum Gasteiger partial charge on any atom is -0.198 e.